The highest BCUT2D eigenvalue weighted by atomic mass is 32.2. The van der Waals surface area contributed by atoms with Gasteiger partial charge in [0.15, 0.2) is 0 Å². The summed E-state index contributed by atoms with van der Waals surface area (Å²) in [5.74, 6) is 0.141. The lowest BCUT2D eigenvalue weighted by Gasteiger charge is -2.26. The second-order valence-electron chi connectivity index (χ2n) is 10.4. The third kappa shape index (κ3) is 5.61. The first-order valence-corrected chi connectivity index (χ1v) is 13.9. The Kier molecular flexibility index (Phi) is 7.51. The van der Waals surface area contributed by atoms with Crippen LogP contribution in [-0.4, -0.2) is 23.2 Å². The lowest BCUT2D eigenvalue weighted by Crippen LogP contribution is -2.16. The maximum absolute atomic E-state index is 14.3. The lowest BCUT2D eigenvalue weighted by atomic mass is 9.80. The van der Waals surface area contributed by atoms with Crippen LogP contribution in [0.5, 0.6) is 0 Å². The minimum Gasteiger partial charge on any atom is -0.305 e. The van der Waals surface area contributed by atoms with E-state index in [2.05, 4.69) is 48.2 Å². The molecule has 190 valence electrons. The molecule has 2 unspecified atom stereocenters. The molecule has 36 heavy (non-hydrogen) atoms. The van der Waals surface area contributed by atoms with Crippen molar-refractivity contribution in [2.24, 2.45) is 9.50 Å². The first-order valence-electron chi connectivity index (χ1n) is 12.4. The predicted molar refractivity (Wildman–Crippen MR) is 148 cm³/mol. The molecule has 3 aromatic rings. The Balaban J connectivity index is 1.71. The Morgan fingerprint density at radius 3 is 2.39 bits per heavy atom. The van der Waals surface area contributed by atoms with Crippen LogP contribution in [0.3, 0.4) is 0 Å². The molecule has 4 nitrogen and oxygen atoms in total. The third-order valence-electron chi connectivity index (χ3n) is 6.75. The smallest absolute Gasteiger partial charge is 0.139 e. The van der Waals surface area contributed by atoms with E-state index in [9.17, 15) is 8.60 Å². The lowest BCUT2D eigenvalue weighted by molar-refractivity contribution is 0.402. The van der Waals surface area contributed by atoms with E-state index < -0.39 is 9.92 Å². The quantitative estimate of drug-likeness (QED) is 0.395. The molecule has 0 amide bonds. The monoisotopic (exact) mass is 505 g/mol. The summed E-state index contributed by atoms with van der Waals surface area (Å²) in [5.41, 5.74) is 8.00. The van der Waals surface area contributed by atoms with Crippen LogP contribution in [0.15, 0.2) is 75.6 Å². The number of hydrogen-bond acceptors (Lipinski definition) is 3. The molecule has 0 heterocycles. The standard InChI is InChI=1S/C30H36FN3OS/c1-19(2)27-14-24(23-10-7-20(3)30(31)16-23)15-28-21(4)13-25(17-29(27)28)33-36(32,35)26-11-8-22(9-12-26)18-34(5)6/h7-16,19,21H,17-18H2,1-6H3,(H2,32,33,35). The van der Waals surface area contributed by atoms with Gasteiger partial charge in [0.25, 0.3) is 0 Å². The van der Waals surface area contributed by atoms with E-state index in [1.54, 1.807) is 13.0 Å². The summed E-state index contributed by atoms with van der Waals surface area (Å²) in [5, 5.41) is 6.28. The largest absolute Gasteiger partial charge is 0.305 e. The molecule has 1 aliphatic rings. The van der Waals surface area contributed by atoms with Crippen molar-refractivity contribution >= 4 is 9.92 Å². The van der Waals surface area contributed by atoms with E-state index in [4.69, 9.17) is 5.14 Å². The SMILES string of the molecule is Cc1ccc(-c2cc(C(C)C)c3c(c2)C(C)C=C(N=S(N)(=O)c2ccc(CN(C)C)cc2)C3)cc1F. The molecule has 0 saturated carbocycles. The zero-order chi connectivity index (χ0) is 26.2. The molecular weight excluding hydrogens is 469 g/mol. The summed E-state index contributed by atoms with van der Waals surface area (Å²) >= 11 is 0. The maximum atomic E-state index is 14.3. The van der Waals surface area contributed by atoms with Gasteiger partial charge in [-0.15, -0.1) is 0 Å². The Hall–Kier alpha value is -2.80. The third-order valence-corrected chi connectivity index (χ3v) is 8.20. The van der Waals surface area contributed by atoms with E-state index in [-0.39, 0.29) is 17.7 Å². The van der Waals surface area contributed by atoms with E-state index in [0.717, 1.165) is 28.9 Å². The summed E-state index contributed by atoms with van der Waals surface area (Å²) in [7, 11) is 0.950. The summed E-state index contributed by atoms with van der Waals surface area (Å²) in [4.78, 5) is 2.61. The molecule has 0 radical (unpaired) electrons. The van der Waals surface area contributed by atoms with Crippen LogP contribution in [0.2, 0.25) is 0 Å². The van der Waals surface area contributed by atoms with Gasteiger partial charge >= 0.3 is 0 Å². The van der Waals surface area contributed by atoms with Crippen molar-refractivity contribution in [2.45, 2.75) is 57.4 Å². The van der Waals surface area contributed by atoms with E-state index in [1.807, 2.05) is 50.5 Å². The molecule has 6 heteroatoms. The van der Waals surface area contributed by atoms with Crippen LogP contribution >= 0.6 is 0 Å². The van der Waals surface area contributed by atoms with Gasteiger partial charge in [-0.05, 0) is 84.1 Å². The number of hydrogen-bond donors (Lipinski definition) is 1. The van der Waals surface area contributed by atoms with Crippen LogP contribution in [0.4, 0.5) is 4.39 Å². The fraction of sp³-hybridized carbons (Fsp3) is 0.333. The minimum atomic E-state index is -3.07. The second-order valence-corrected chi connectivity index (χ2v) is 12.2. The number of fused-ring (bicyclic) bond motifs is 1. The first kappa shape index (κ1) is 26.3. The Bertz CT molecular complexity index is 1430. The zero-order valence-corrected chi connectivity index (χ0v) is 22.8. The molecule has 0 bridgehead atoms. The Morgan fingerprint density at radius 2 is 1.78 bits per heavy atom. The molecule has 0 aliphatic heterocycles. The van der Waals surface area contributed by atoms with Crippen LogP contribution in [0.25, 0.3) is 11.1 Å². The van der Waals surface area contributed by atoms with Gasteiger partial charge in [0.05, 0.1) is 10.6 Å². The number of nitrogens with two attached hydrogens (primary N) is 1. The zero-order valence-electron chi connectivity index (χ0n) is 22.0. The number of aryl methyl sites for hydroxylation is 1. The number of halogens is 1. The minimum absolute atomic E-state index is 0.0675. The van der Waals surface area contributed by atoms with Gasteiger partial charge in [0, 0.05) is 18.9 Å². The van der Waals surface area contributed by atoms with E-state index in [0.29, 0.717) is 16.9 Å². The van der Waals surface area contributed by atoms with E-state index >= 15 is 0 Å². The molecule has 0 saturated heterocycles. The van der Waals surface area contributed by atoms with Crippen molar-refractivity contribution in [3.05, 3.63) is 100 Å². The molecule has 0 spiro atoms. The fourth-order valence-corrected chi connectivity index (χ4v) is 5.95. The van der Waals surface area contributed by atoms with Crippen molar-refractivity contribution < 1.29 is 8.60 Å². The van der Waals surface area contributed by atoms with Gasteiger partial charge in [-0.2, -0.15) is 4.36 Å². The predicted octanol–water partition coefficient (Wildman–Crippen LogP) is 6.93. The number of nitrogens with zero attached hydrogens (tertiary/aromatic N) is 2. The average Bonchev–Trinajstić information content (AvgIpc) is 2.80. The number of rotatable bonds is 6. The van der Waals surface area contributed by atoms with Crippen LogP contribution in [-0.2, 0) is 22.9 Å². The second kappa shape index (κ2) is 10.3. The van der Waals surface area contributed by atoms with Gasteiger partial charge < -0.3 is 4.90 Å². The van der Waals surface area contributed by atoms with Crippen molar-refractivity contribution in [3.63, 3.8) is 0 Å². The van der Waals surface area contributed by atoms with Crippen LogP contribution in [0.1, 0.15) is 60.4 Å². The fourth-order valence-electron chi connectivity index (χ4n) is 4.85. The maximum Gasteiger partial charge on any atom is 0.139 e. The van der Waals surface area contributed by atoms with Gasteiger partial charge in [0.1, 0.15) is 15.7 Å². The van der Waals surface area contributed by atoms with Crippen molar-refractivity contribution in [1.29, 1.82) is 0 Å². The first-order chi connectivity index (χ1) is 16.9. The highest BCUT2D eigenvalue weighted by Crippen LogP contribution is 2.39. The topological polar surface area (TPSA) is 58.7 Å². The number of allylic oxidation sites excluding steroid dienone is 2. The van der Waals surface area contributed by atoms with Gasteiger partial charge in [0.2, 0.25) is 0 Å². The molecule has 0 aromatic heterocycles. The van der Waals surface area contributed by atoms with Crippen LogP contribution < -0.4 is 5.14 Å². The normalized spacial score (nSPS) is 17.1. The van der Waals surface area contributed by atoms with Crippen molar-refractivity contribution in [1.82, 2.24) is 4.90 Å². The van der Waals surface area contributed by atoms with Gasteiger partial charge in [-0.3, -0.25) is 0 Å². The molecule has 2 atom stereocenters. The molecule has 2 N–H and O–H groups in total. The highest BCUT2D eigenvalue weighted by molar-refractivity contribution is 7.91. The average molecular weight is 506 g/mol. The van der Waals surface area contributed by atoms with Crippen molar-refractivity contribution in [2.75, 3.05) is 14.1 Å². The van der Waals surface area contributed by atoms with Crippen LogP contribution in [0, 0.1) is 12.7 Å². The van der Waals surface area contributed by atoms with Crippen molar-refractivity contribution in [3.8, 4) is 11.1 Å². The molecular formula is C30H36FN3OS. The molecule has 0 fully saturated rings. The summed E-state index contributed by atoms with van der Waals surface area (Å²) < 4.78 is 32.3. The van der Waals surface area contributed by atoms with Gasteiger partial charge in [-0.1, -0.05) is 63.2 Å². The summed E-state index contributed by atoms with van der Waals surface area (Å²) in [6.07, 6.45) is 2.63. The molecule has 1 aliphatic carbocycles. The Morgan fingerprint density at radius 1 is 1.08 bits per heavy atom. The summed E-state index contributed by atoms with van der Waals surface area (Å²) in [6.45, 7) is 9.02. The molecule has 4 rings (SSSR count). The van der Waals surface area contributed by atoms with Gasteiger partial charge in [-0.25, -0.2) is 13.7 Å². The Labute approximate surface area is 215 Å². The highest BCUT2D eigenvalue weighted by Gasteiger charge is 2.24. The van der Waals surface area contributed by atoms with E-state index in [1.165, 1.54) is 16.7 Å². The number of benzene rings is 3. The molecule has 3 aromatic carbocycles. The summed E-state index contributed by atoms with van der Waals surface area (Å²) in [6, 6.07) is 17.3.